The minimum atomic E-state index is -1.15. The van der Waals surface area contributed by atoms with Gasteiger partial charge < -0.3 is 19.9 Å². The van der Waals surface area contributed by atoms with E-state index in [-0.39, 0.29) is 5.75 Å². The number of benzene rings is 3. The largest absolute Gasteiger partial charge is 0.494 e. The maximum Gasteiger partial charge on any atom is 0.341 e. The molecule has 0 aliphatic heterocycles. The van der Waals surface area contributed by atoms with E-state index in [4.69, 9.17) is 14.6 Å². The number of carboxylic acids is 1. The highest BCUT2D eigenvalue weighted by Crippen LogP contribution is 2.32. The Bertz CT molecular complexity index is 1070. The minimum absolute atomic E-state index is 0.0859. The van der Waals surface area contributed by atoms with Gasteiger partial charge in [0.15, 0.2) is 18.2 Å². The van der Waals surface area contributed by atoms with Crippen molar-refractivity contribution in [2.45, 2.75) is 33.7 Å². The average Bonchev–Trinajstić information content (AvgIpc) is 2.75. The molecule has 0 saturated carbocycles. The Kier molecular flexibility index (Phi) is 7.71. The lowest BCUT2D eigenvalue weighted by atomic mass is 9.94. The quantitative estimate of drug-likeness (QED) is 0.409. The maximum atomic E-state index is 14.1. The summed E-state index contributed by atoms with van der Waals surface area (Å²) in [4.78, 5) is 10.6. The van der Waals surface area contributed by atoms with Gasteiger partial charge in [0, 0.05) is 18.3 Å². The molecule has 0 heterocycles. The molecule has 0 aliphatic rings. The van der Waals surface area contributed by atoms with E-state index in [1.54, 1.807) is 6.07 Å². The predicted octanol–water partition coefficient (Wildman–Crippen LogP) is 5.97. The van der Waals surface area contributed by atoms with Crippen LogP contribution in [-0.2, 0) is 11.3 Å². The zero-order valence-electron chi connectivity index (χ0n) is 18.6. The number of anilines is 1. The van der Waals surface area contributed by atoms with Gasteiger partial charge in [-0.15, -0.1) is 0 Å². The molecule has 0 unspecified atom stereocenters. The fraction of sp³-hybridized carbons (Fsp3) is 0.269. The minimum Gasteiger partial charge on any atom is -0.494 e. The number of aliphatic carboxylic acids is 1. The molecule has 0 bridgehead atoms. The highest BCUT2D eigenvalue weighted by molar-refractivity contribution is 5.72. The van der Waals surface area contributed by atoms with Gasteiger partial charge in [0.1, 0.15) is 5.75 Å². The SMILES string of the molecule is CCCOc1cc(C)c(-c2cccc(CNc3ccc(OCC(=O)O)c(F)c3)c2)c(C)c1. The zero-order chi connectivity index (χ0) is 23.1. The first-order chi connectivity index (χ1) is 15.4. The van der Waals surface area contributed by atoms with Gasteiger partial charge in [-0.3, -0.25) is 0 Å². The summed E-state index contributed by atoms with van der Waals surface area (Å²) in [6.45, 7) is 6.89. The summed E-state index contributed by atoms with van der Waals surface area (Å²) in [6.07, 6.45) is 0.969. The first-order valence-electron chi connectivity index (χ1n) is 10.6. The second-order valence-corrected chi connectivity index (χ2v) is 7.66. The molecule has 0 radical (unpaired) electrons. The molecule has 3 aromatic rings. The summed E-state index contributed by atoms with van der Waals surface area (Å²) >= 11 is 0. The van der Waals surface area contributed by atoms with Crippen molar-refractivity contribution >= 4 is 11.7 Å². The van der Waals surface area contributed by atoms with Crippen LogP contribution in [0.5, 0.6) is 11.5 Å². The highest BCUT2D eigenvalue weighted by atomic mass is 19.1. The first kappa shape index (κ1) is 23.1. The lowest BCUT2D eigenvalue weighted by Crippen LogP contribution is -2.10. The van der Waals surface area contributed by atoms with E-state index in [1.807, 2.05) is 12.1 Å². The van der Waals surface area contributed by atoms with Crippen molar-refractivity contribution in [2.24, 2.45) is 0 Å². The van der Waals surface area contributed by atoms with Crippen molar-refractivity contribution in [3.8, 4) is 22.6 Å². The Hall–Kier alpha value is -3.54. The third kappa shape index (κ3) is 6.00. The summed E-state index contributed by atoms with van der Waals surface area (Å²) < 4.78 is 24.8. The van der Waals surface area contributed by atoms with Crippen molar-refractivity contribution < 1.29 is 23.8 Å². The molecular weight excluding hydrogens is 409 g/mol. The van der Waals surface area contributed by atoms with Gasteiger partial charge in [-0.25, -0.2) is 9.18 Å². The van der Waals surface area contributed by atoms with Gasteiger partial charge in [0.05, 0.1) is 6.61 Å². The number of nitrogens with one attached hydrogen (secondary N) is 1. The van der Waals surface area contributed by atoms with Crippen LogP contribution in [0.1, 0.15) is 30.0 Å². The number of aryl methyl sites for hydroxylation is 2. The van der Waals surface area contributed by atoms with E-state index < -0.39 is 18.4 Å². The van der Waals surface area contributed by atoms with Crippen molar-refractivity contribution in [3.05, 3.63) is 77.1 Å². The summed E-state index contributed by atoms with van der Waals surface area (Å²) in [7, 11) is 0. The molecule has 2 N–H and O–H groups in total. The van der Waals surface area contributed by atoms with E-state index >= 15 is 0 Å². The topological polar surface area (TPSA) is 67.8 Å². The zero-order valence-corrected chi connectivity index (χ0v) is 18.6. The highest BCUT2D eigenvalue weighted by Gasteiger charge is 2.10. The number of carbonyl (C=O) groups is 1. The number of hydrogen-bond acceptors (Lipinski definition) is 4. The third-order valence-corrected chi connectivity index (χ3v) is 4.97. The van der Waals surface area contributed by atoms with Crippen molar-refractivity contribution in [1.29, 1.82) is 0 Å². The van der Waals surface area contributed by atoms with Gasteiger partial charge in [0.2, 0.25) is 0 Å². The van der Waals surface area contributed by atoms with Crippen molar-refractivity contribution in [1.82, 2.24) is 0 Å². The van der Waals surface area contributed by atoms with Gasteiger partial charge in [-0.05, 0) is 78.4 Å². The summed E-state index contributed by atoms with van der Waals surface area (Å²) in [5.74, 6) is -0.958. The van der Waals surface area contributed by atoms with E-state index in [1.165, 1.54) is 17.7 Å². The smallest absolute Gasteiger partial charge is 0.341 e. The summed E-state index contributed by atoms with van der Waals surface area (Å²) in [5, 5.41) is 11.9. The number of hydrogen-bond donors (Lipinski definition) is 2. The number of rotatable bonds is 10. The van der Waals surface area contributed by atoms with Crippen LogP contribution in [0.15, 0.2) is 54.6 Å². The summed E-state index contributed by atoms with van der Waals surface area (Å²) in [5.41, 5.74) is 6.24. The van der Waals surface area contributed by atoms with Crippen LogP contribution < -0.4 is 14.8 Å². The standard InChI is InChI=1S/C26H28FNO4/c1-4-10-31-22-11-17(2)26(18(3)12-22)20-7-5-6-19(13-20)15-28-21-8-9-24(23(27)14-21)32-16-25(29)30/h5-9,11-14,28H,4,10,15-16H2,1-3H3,(H,29,30). The predicted molar refractivity (Wildman–Crippen MR) is 124 cm³/mol. The molecule has 3 aromatic carbocycles. The molecule has 0 saturated heterocycles. The average molecular weight is 438 g/mol. The fourth-order valence-corrected chi connectivity index (χ4v) is 3.59. The number of halogens is 1. The van der Waals surface area contributed by atoms with Crippen LogP contribution >= 0.6 is 0 Å². The molecule has 0 spiro atoms. The van der Waals surface area contributed by atoms with Gasteiger partial charge in [-0.1, -0.05) is 25.1 Å². The molecule has 0 aliphatic carbocycles. The van der Waals surface area contributed by atoms with Gasteiger partial charge in [0.25, 0.3) is 0 Å². The van der Waals surface area contributed by atoms with E-state index in [9.17, 15) is 9.18 Å². The monoisotopic (exact) mass is 437 g/mol. The summed E-state index contributed by atoms with van der Waals surface area (Å²) in [6, 6.07) is 16.7. The third-order valence-electron chi connectivity index (χ3n) is 4.97. The fourth-order valence-electron chi connectivity index (χ4n) is 3.59. The molecule has 32 heavy (non-hydrogen) atoms. The molecule has 0 amide bonds. The molecule has 0 fully saturated rings. The molecule has 5 nitrogen and oxygen atoms in total. The molecule has 3 rings (SSSR count). The van der Waals surface area contributed by atoms with Crippen LogP contribution in [0.4, 0.5) is 10.1 Å². The number of ether oxygens (including phenoxy) is 2. The lowest BCUT2D eigenvalue weighted by Gasteiger charge is -2.15. The first-order valence-corrected chi connectivity index (χ1v) is 10.6. The van der Waals surface area contributed by atoms with Crippen LogP contribution in [0.25, 0.3) is 11.1 Å². The van der Waals surface area contributed by atoms with Crippen molar-refractivity contribution in [2.75, 3.05) is 18.5 Å². The molecule has 168 valence electrons. The van der Waals surface area contributed by atoms with Crippen molar-refractivity contribution in [3.63, 3.8) is 0 Å². The second-order valence-electron chi connectivity index (χ2n) is 7.66. The lowest BCUT2D eigenvalue weighted by molar-refractivity contribution is -0.139. The van der Waals surface area contributed by atoms with E-state index in [0.717, 1.165) is 34.4 Å². The number of carboxylic acid groups (broad SMARTS) is 1. The van der Waals surface area contributed by atoms with Gasteiger partial charge >= 0.3 is 5.97 Å². The Labute approximate surface area is 187 Å². The second kappa shape index (κ2) is 10.7. The van der Waals surface area contributed by atoms with Crippen LogP contribution in [0, 0.1) is 19.7 Å². The van der Waals surface area contributed by atoms with Crippen LogP contribution in [0.3, 0.4) is 0 Å². The molecular formula is C26H28FNO4. The Morgan fingerprint density at radius 2 is 1.78 bits per heavy atom. The van der Waals surface area contributed by atoms with E-state index in [0.29, 0.717) is 18.8 Å². The Balaban J connectivity index is 1.72. The maximum absolute atomic E-state index is 14.1. The van der Waals surface area contributed by atoms with E-state index in [2.05, 4.69) is 50.4 Å². The molecule has 0 aromatic heterocycles. The van der Waals surface area contributed by atoms with Crippen LogP contribution in [0.2, 0.25) is 0 Å². The normalized spacial score (nSPS) is 10.6. The van der Waals surface area contributed by atoms with Gasteiger partial charge in [-0.2, -0.15) is 0 Å². The van der Waals surface area contributed by atoms with Crippen LogP contribution in [-0.4, -0.2) is 24.3 Å². The Morgan fingerprint density at radius 3 is 2.44 bits per heavy atom. The Morgan fingerprint density at radius 1 is 1.03 bits per heavy atom. The molecule has 0 atom stereocenters. The molecule has 6 heteroatoms.